The van der Waals surface area contributed by atoms with Crippen LogP contribution in [0.3, 0.4) is 0 Å². The minimum atomic E-state index is -0.00239. The summed E-state index contributed by atoms with van der Waals surface area (Å²) in [5, 5.41) is 0. The monoisotopic (exact) mass is 448 g/mol. The van der Waals surface area contributed by atoms with E-state index >= 15 is 0 Å². The third kappa shape index (κ3) is 5.03. The molecule has 1 atom stereocenters. The fraction of sp³-hybridized carbons (Fsp3) is 0.615. The van der Waals surface area contributed by atoms with Crippen LogP contribution in [0.1, 0.15) is 67.3 Å². The molecule has 2 saturated heterocycles. The van der Waals surface area contributed by atoms with Crippen LogP contribution in [0.5, 0.6) is 0 Å². The van der Waals surface area contributed by atoms with Crippen molar-refractivity contribution in [3.63, 3.8) is 0 Å². The van der Waals surface area contributed by atoms with Crippen molar-refractivity contribution in [3.8, 4) is 0 Å². The number of carbonyl (C=O) groups excluding carboxylic acids is 1. The van der Waals surface area contributed by atoms with E-state index in [0.29, 0.717) is 6.54 Å². The summed E-state index contributed by atoms with van der Waals surface area (Å²) >= 11 is 0. The number of anilines is 1. The van der Waals surface area contributed by atoms with Crippen LogP contribution in [0, 0.1) is 6.92 Å². The summed E-state index contributed by atoms with van der Waals surface area (Å²) in [6, 6.07) is 6.10. The number of fused-ring (bicyclic) bond motifs is 1. The van der Waals surface area contributed by atoms with Gasteiger partial charge in [0, 0.05) is 49.2 Å². The Balaban J connectivity index is 1.37. The number of nitrogens with zero attached hydrogens (tertiary/aromatic N) is 6. The van der Waals surface area contributed by atoms with E-state index in [-0.39, 0.29) is 11.9 Å². The van der Waals surface area contributed by atoms with E-state index in [1.807, 2.05) is 18.3 Å². The van der Waals surface area contributed by atoms with Crippen LogP contribution in [0.15, 0.2) is 24.4 Å². The van der Waals surface area contributed by atoms with Gasteiger partial charge in [0.2, 0.25) is 5.91 Å². The van der Waals surface area contributed by atoms with E-state index in [0.717, 1.165) is 94.3 Å². The normalized spacial score (nSPS) is 21.3. The van der Waals surface area contributed by atoms with Gasteiger partial charge in [0.1, 0.15) is 5.82 Å². The van der Waals surface area contributed by atoms with Crippen LogP contribution in [0.25, 0.3) is 0 Å². The lowest BCUT2D eigenvalue weighted by atomic mass is 9.99. The molecule has 33 heavy (non-hydrogen) atoms. The molecule has 2 aromatic heterocycles. The Morgan fingerprint density at radius 3 is 2.70 bits per heavy atom. The minimum Gasteiger partial charge on any atom is -0.356 e. The van der Waals surface area contributed by atoms with E-state index in [1.54, 1.807) is 0 Å². The third-order valence-electron chi connectivity index (χ3n) is 7.41. The zero-order valence-corrected chi connectivity index (χ0v) is 19.9. The zero-order chi connectivity index (χ0) is 22.6. The van der Waals surface area contributed by atoms with Crippen LogP contribution < -0.4 is 4.90 Å². The molecule has 0 saturated carbocycles. The average Bonchev–Trinajstić information content (AvgIpc) is 3.36. The van der Waals surface area contributed by atoms with Crippen molar-refractivity contribution >= 4 is 11.7 Å². The summed E-state index contributed by atoms with van der Waals surface area (Å²) in [7, 11) is 0. The summed E-state index contributed by atoms with van der Waals surface area (Å²) in [6.45, 7) is 7.48. The smallest absolute Gasteiger partial charge is 0.237 e. The zero-order valence-electron chi connectivity index (χ0n) is 19.9. The Morgan fingerprint density at radius 2 is 1.88 bits per heavy atom. The van der Waals surface area contributed by atoms with Crippen LogP contribution in [0.2, 0.25) is 0 Å². The molecule has 1 unspecified atom stereocenters. The van der Waals surface area contributed by atoms with Gasteiger partial charge in [-0.3, -0.25) is 14.7 Å². The number of aromatic nitrogens is 3. The van der Waals surface area contributed by atoms with Crippen molar-refractivity contribution in [2.75, 3.05) is 44.2 Å². The van der Waals surface area contributed by atoms with E-state index in [2.05, 4.69) is 32.7 Å². The lowest BCUT2D eigenvalue weighted by molar-refractivity contribution is -0.136. The molecule has 0 aliphatic carbocycles. The van der Waals surface area contributed by atoms with E-state index in [4.69, 9.17) is 9.97 Å². The molecule has 0 N–H and O–H groups in total. The SMILES string of the molecule is Cc1nc(C2CCCCN2C(=O)CN2CCCC2)nc2c1CCCN2CCc1ccccn1. The van der Waals surface area contributed by atoms with Crippen molar-refractivity contribution in [2.45, 2.75) is 64.3 Å². The highest BCUT2D eigenvalue weighted by Gasteiger charge is 2.33. The highest BCUT2D eigenvalue weighted by molar-refractivity contribution is 5.79. The predicted molar refractivity (Wildman–Crippen MR) is 129 cm³/mol. The molecule has 5 heterocycles. The molecule has 0 spiro atoms. The highest BCUT2D eigenvalue weighted by Crippen LogP contribution is 2.34. The van der Waals surface area contributed by atoms with E-state index < -0.39 is 0 Å². The number of carbonyl (C=O) groups is 1. The summed E-state index contributed by atoms with van der Waals surface area (Å²) in [4.78, 5) is 34.6. The first-order valence-corrected chi connectivity index (χ1v) is 12.7. The number of likely N-dealkylation sites (tertiary alicyclic amines) is 2. The fourth-order valence-electron chi connectivity index (χ4n) is 5.59. The molecular weight excluding hydrogens is 412 g/mol. The van der Waals surface area contributed by atoms with Gasteiger partial charge in [-0.1, -0.05) is 6.07 Å². The molecule has 5 rings (SSSR count). The van der Waals surface area contributed by atoms with Crippen molar-refractivity contribution in [3.05, 3.63) is 47.2 Å². The summed E-state index contributed by atoms with van der Waals surface area (Å²) in [6.07, 6.45) is 10.5. The van der Waals surface area contributed by atoms with Gasteiger partial charge >= 0.3 is 0 Å². The van der Waals surface area contributed by atoms with Crippen LogP contribution >= 0.6 is 0 Å². The predicted octanol–water partition coefficient (Wildman–Crippen LogP) is 3.32. The first-order chi connectivity index (χ1) is 16.2. The standard InChI is InChI=1S/C26H36N6O/c1-20-22-10-8-16-31(18-12-21-9-2-4-13-27-21)26(22)29-25(28-20)23-11-3-5-17-32(23)24(33)19-30-14-6-7-15-30/h2,4,9,13,23H,3,5-8,10-12,14-19H2,1H3. The number of hydrogen-bond donors (Lipinski definition) is 0. The molecule has 2 fully saturated rings. The van der Waals surface area contributed by atoms with Crippen LogP contribution in [0.4, 0.5) is 5.82 Å². The van der Waals surface area contributed by atoms with Gasteiger partial charge in [0.05, 0.1) is 12.6 Å². The van der Waals surface area contributed by atoms with Gasteiger partial charge in [0.15, 0.2) is 5.82 Å². The second kappa shape index (κ2) is 10.2. The van der Waals surface area contributed by atoms with E-state index in [9.17, 15) is 4.79 Å². The van der Waals surface area contributed by atoms with Crippen LogP contribution in [-0.4, -0.2) is 69.9 Å². The molecule has 3 aliphatic heterocycles. The minimum absolute atomic E-state index is 0.00239. The molecule has 2 aromatic rings. The fourth-order valence-corrected chi connectivity index (χ4v) is 5.59. The average molecular weight is 449 g/mol. The third-order valence-corrected chi connectivity index (χ3v) is 7.41. The van der Waals surface area contributed by atoms with Crippen molar-refractivity contribution in [1.82, 2.24) is 24.8 Å². The molecule has 7 nitrogen and oxygen atoms in total. The van der Waals surface area contributed by atoms with Gasteiger partial charge in [-0.2, -0.15) is 0 Å². The van der Waals surface area contributed by atoms with Gasteiger partial charge < -0.3 is 9.80 Å². The Hall–Kier alpha value is -2.54. The first-order valence-electron chi connectivity index (χ1n) is 12.7. The highest BCUT2D eigenvalue weighted by atomic mass is 16.2. The number of amides is 1. The Labute approximate surface area is 197 Å². The number of aryl methyl sites for hydroxylation is 1. The van der Waals surface area contributed by atoms with Crippen LogP contribution in [-0.2, 0) is 17.6 Å². The Kier molecular flexibility index (Phi) is 6.85. The molecule has 176 valence electrons. The first kappa shape index (κ1) is 22.3. The van der Waals surface area contributed by atoms with Gasteiger partial charge in [-0.05, 0) is 77.1 Å². The molecule has 7 heteroatoms. The number of hydrogen-bond acceptors (Lipinski definition) is 6. The second-order valence-corrected chi connectivity index (χ2v) is 9.71. The summed E-state index contributed by atoms with van der Waals surface area (Å²) < 4.78 is 0. The maximum absolute atomic E-state index is 13.2. The molecule has 0 radical (unpaired) electrons. The summed E-state index contributed by atoms with van der Waals surface area (Å²) in [5.41, 5.74) is 3.47. The largest absolute Gasteiger partial charge is 0.356 e. The number of piperidine rings is 1. The quantitative estimate of drug-likeness (QED) is 0.675. The van der Waals surface area contributed by atoms with Crippen molar-refractivity contribution in [1.29, 1.82) is 0 Å². The molecule has 0 aromatic carbocycles. The van der Waals surface area contributed by atoms with Gasteiger partial charge in [0.25, 0.3) is 0 Å². The second-order valence-electron chi connectivity index (χ2n) is 9.71. The molecule has 3 aliphatic rings. The summed E-state index contributed by atoms with van der Waals surface area (Å²) in [5.74, 6) is 2.16. The molecular formula is C26H36N6O. The molecule has 0 bridgehead atoms. The topological polar surface area (TPSA) is 65.5 Å². The van der Waals surface area contributed by atoms with Gasteiger partial charge in [-0.15, -0.1) is 0 Å². The Bertz CT molecular complexity index is 959. The van der Waals surface area contributed by atoms with E-state index in [1.165, 1.54) is 18.4 Å². The Morgan fingerprint density at radius 1 is 1.03 bits per heavy atom. The maximum atomic E-state index is 13.2. The maximum Gasteiger partial charge on any atom is 0.237 e. The molecule has 1 amide bonds. The van der Waals surface area contributed by atoms with Crippen molar-refractivity contribution < 1.29 is 4.79 Å². The van der Waals surface area contributed by atoms with Gasteiger partial charge in [-0.25, -0.2) is 9.97 Å². The van der Waals surface area contributed by atoms with Crippen molar-refractivity contribution in [2.24, 2.45) is 0 Å². The number of rotatable bonds is 6. The lowest BCUT2D eigenvalue weighted by Crippen LogP contribution is -2.44. The lowest BCUT2D eigenvalue weighted by Gasteiger charge is -2.37. The number of pyridine rings is 1.